The summed E-state index contributed by atoms with van der Waals surface area (Å²) in [5, 5.41) is 15.1. The molecule has 0 aromatic carbocycles. The van der Waals surface area contributed by atoms with Gasteiger partial charge in [0, 0.05) is 36.9 Å². The van der Waals surface area contributed by atoms with Crippen molar-refractivity contribution in [2.75, 3.05) is 0 Å². The number of amides is 1. The number of carbonyl (C=O) groups is 1. The molecule has 3 rings (SSSR count). The Labute approximate surface area is 137 Å². The predicted octanol–water partition coefficient (Wildman–Crippen LogP) is 1.99. The van der Waals surface area contributed by atoms with Gasteiger partial charge in [0.1, 0.15) is 0 Å². The third-order valence-electron chi connectivity index (χ3n) is 5.25. The second kappa shape index (κ2) is 6.59. The van der Waals surface area contributed by atoms with Gasteiger partial charge in [-0.05, 0) is 45.4 Å². The van der Waals surface area contributed by atoms with Crippen molar-refractivity contribution in [1.29, 1.82) is 0 Å². The quantitative estimate of drug-likeness (QED) is 0.867. The van der Waals surface area contributed by atoms with Crippen molar-refractivity contribution >= 4 is 5.91 Å². The van der Waals surface area contributed by atoms with Crippen LogP contribution in [0.1, 0.15) is 64.7 Å². The van der Waals surface area contributed by atoms with Gasteiger partial charge in [0.2, 0.25) is 17.7 Å². The molecule has 1 aliphatic heterocycles. The molecule has 2 fully saturated rings. The van der Waals surface area contributed by atoms with Gasteiger partial charge in [-0.25, -0.2) is 0 Å². The minimum absolute atomic E-state index is 0.167. The molecule has 128 valence electrons. The van der Waals surface area contributed by atoms with Crippen molar-refractivity contribution in [3.05, 3.63) is 11.8 Å². The molecule has 1 aromatic heterocycles. The van der Waals surface area contributed by atoms with E-state index in [9.17, 15) is 4.79 Å². The number of hydrogen-bond donors (Lipinski definition) is 2. The zero-order valence-corrected chi connectivity index (χ0v) is 14.4. The number of carbonyl (C=O) groups excluding carboxylic acids is 1. The van der Waals surface area contributed by atoms with E-state index in [1.165, 1.54) is 12.8 Å². The van der Waals surface area contributed by atoms with Crippen LogP contribution in [0.15, 0.2) is 4.42 Å². The highest BCUT2D eigenvalue weighted by Crippen LogP contribution is 2.30. The predicted molar refractivity (Wildman–Crippen MR) is 86.9 cm³/mol. The van der Waals surface area contributed by atoms with Gasteiger partial charge in [-0.2, -0.15) is 0 Å². The molecule has 1 saturated heterocycles. The SMILES string of the molecule is CCc1nnc(C[C@@H]2CC[C@H](NC3CCC(=O)NC3(C)C)C2)o1. The largest absolute Gasteiger partial charge is 0.425 e. The highest BCUT2D eigenvalue weighted by molar-refractivity contribution is 5.77. The molecule has 1 aromatic rings. The van der Waals surface area contributed by atoms with Gasteiger partial charge >= 0.3 is 0 Å². The standard InChI is InChI=1S/C17H28N4O2/c1-4-15-20-21-16(23-15)10-11-5-6-12(9-11)18-13-7-8-14(22)19-17(13,2)3/h11-13,18H,4-10H2,1-3H3,(H,19,22)/t11-,12+,13?/m1/s1. The number of rotatable bonds is 5. The number of hydrogen-bond acceptors (Lipinski definition) is 5. The fourth-order valence-electron chi connectivity index (χ4n) is 3.89. The Kier molecular flexibility index (Phi) is 4.71. The summed E-state index contributed by atoms with van der Waals surface area (Å²) in [6.45, 7) is 6.25. The van der Waals surface area contributed by atoms with E-state index in [-0.39, 0.29) is 11.4 Å². The fraction of sp³-hybridized carbons (Fsp3) is 0.824. The van der Waals surface area contributed by atoms with E-state index in [1.807, 2.05) is 6.92 Å². The molecule has 23 heavy (non-hydrogen) atoms. The lowest BCUT2D eigenvalue weighted by atomic mass is 9.86. The lowest BCUT2D eigenvalue weighted by molar-refractivity contribution is -0.125. The monoisotopic (exact) mass is 320 g/mol. The van der Waals surface area contributed by atoms with E-state index in [0.717, 1.165) is 37.5 Å². The molecule has 6 heteroatoms. The van der Waals surface area contributed by atoms with Gasteiger partial charge < -0.3 is 15.1 Å². The van der Waals surface area contributed by atoms with Crippen LogP contribution in [-0.4, -0.2) is 33.7 Å². The van der Waals surface area contributed by atoms with E-state index >= 15 is 0 Å². The summed E-state index contributed by atoms with van der Waals surface area (Å²) < 4.78 is 5.63. The Morgan fingerprint density at radius 2 is 2.04 bits per heavy atom. The molecular weight excluding hydrogens is 292 g/mol. The highest BCUT2D eigenvalue weighted by atomic mass is 16.4. The van der Waals surface area contributed by atoms with Crippen LogP contribution < -0.4 is 10.6 Å². The number of piperidine rings is 1. The topological polar surface area (TPSA) is 80.0 Å². The fourth-order valence-corrected chi connectivity index (χ4v) is 3.89. The zero-order valence-electron chi connectivity index (χ0n) is 14.4. The average Bonchev–Trinajstić information content (AvgIpc) is 3.11. The van der Waals surface area contributed by atoms with Gasteiger partial charge in [0.15, 0.2) is 0 Å². The minimum Gasteiger partial charge on any atom is -0.425 e. The molecule has 0 radical (unpaired) electrons. The molecule has 1 amide bonds. The molecule has 3 atom stereocenters. The number of aryl methyl sites for hydroxylation is 1. The first-order valence-electron chi connectivity index (χ1n) is 8.84. The van der Waals surface area contributed by atoms with Crippen molar-refractivity contribution < 1.29 is 9.21 Å². The average molecular weight is 320 g/mol. The van der Waals surface area contributed by atoms with Crippen LogP contribution in [0.25, 0.3) is 0 Å². The van der Waals surface area contributed by atoms with E-state index in [4.69, 9.17) is 4.42 Å². The van der Waals surface area contributed by atoms with Crippen LogP contribution >= 0.6 is 0 Å². The molecule has 1 saturated carbocycles. The Hall–Kier alpha value is -1.43. The summed E-state index contributed by atoms with van der Waals surface area (Å²) in [4.78, 5) is 11.6. The molecule has 2 aliphatic rings. The molecule has 0 spiro atoms. The van der Waals surface area contributed by atoms with Crippen molar-refractivity contribution in [2.45, 2.75) is 83.3 Å². The third-order valence-corrected chi connectivity index (χ3v) is 5.25. The van der Waals surface area contributed by atoms with E-state index in [0.29, 0.717) is 24.4 Å². The Balaban J connectivity index is 1.50. The van der Waals surface area contributed by atoms with E-state index < -0.39 is 0 Å². The molecular formula is C17H28N4O2. The molecule has 2 heterocycles. The molecule has 1 aliphatic carbocycles. The van der Waals surface area contributed by atoms with Crippen LogP contribution in [0.3, 0.4) is 0 Å². The van der Waals surface area contributed by atoms with Crippen LogP contribution in [0.2, 0.25) is 0 Å². The first-order valence-corrected chi connectivity index (χ1v) is 8.84. The van der Waals surface area contributed by atoms with Gasteiger partial charge in [-0.3, -0.25) is 4.79 Å². The summed E-state index contributed by atoms with van der Waals surface area (Å²) in [7, 11) is 0. The normalized spacial score (nSPS) is 30.4. The van der Waals surface area contributed by atoms with Gasteiger partial charge in [0.05, 0.1) is 0 Å². The molecule has 1 unspecified atom stereocenters. The molecule has 2 N–H and O–H groups in total. The first kappa shape index (κ1) is 16.4. The van der Waals surface area contributed by atoms with Crippen molar-refractivity contribution in [1.82, 2.24) is 20.8 Å². The van der Waals surface area contributed by atoms with Crippen molar-refractivity contribution in [2.24, 2.45) is 5.92 Å². The number of nitrogens with one attached hydrogen (secondary N) is 2. The smallest absolute Gasteiger partial charge is 0.220 e. The molecule has 6 nitrogen and oxygen atoms in total. The van der Waals surface area contributed by atoms with E-state index in [2.05, 4.69) is 34.7 Å². The summed E-state index contributed by atoms with van der Waals surface area (Å²) in [5.74, 6) is 2.28. The maximum atomic E-state index is 11.6. The minimum atomic E-state index is -0.171. The van der Waals surface area contributed by atoms with Gasteiger partial charge in [-0.1, -0.05) is 6.92 Å². The molecule has 0 bridgehead atoms. The van der Waals surface area contributed by atoms with Crippen molar-refractivity contribution in [3.8, 4) is 0 Å². The number of nitrogens with zero attached hydrogens (tertiary/aromatic N) is 2. The number of aromatic nitrogens is 2. The van der Waals surface area contributed by atoms with Crippen LogP contribution in [0.5, 0.6) is 0 Å². The Morgan fingerprint density at radius 3 is 2.74 bits per heavy atom. The highest BCUT2D eigenvalue weighted by Gasteiger charge is 2.37. The second-order valence-electron chi connectivity index (χ2n) is 7.55. The first-order chi connectivity index (χ1) is 11.0. The summed E-state index contributed by atoms with van der Waals surface area (Å²) >= 11 is 0. The maximum Gasteiger partial charge on any atom is 0.220 e. The van der Waals surface area contributed by atoms with Crippen LogP contribution in [-0.2, 0) is 17.6 Å². The summed E-state index contributed by atoms with van der Waals surface area (Å²) in [6.07, 6.45) is 6.74. The summed E-state index contributed by atoms with van der Waals surface area (Å²) in [6, 6.07) is 0.867. The third kappa shape index (κ3) is 3.91. The lowest BCUT2D eigenvalue weighted by Gasteiger charge is -2.41. The lowest BCUT2D eigenvalue weighted by Crippen LogP contribution is -2.62. The van der Waals surface area contributed by atoms with Crippen LogP contribution in [0, 0.1) is 5.92 Å². The van der Waals surface area contributed by atoms with Crippen LogP contribution in [0.4, 0.5) is 0 Å². The van der Waals surface area contributed by atoms with Gasteiger partial charge in [-0.15, -0.1) is 10.2 Å². The van der Waals surface area contributed by atoms with Gasteiger partial charge in [0.25, 0.3) is 0 Å². The maximum absolute atomic E-state index is 11.6. The van der Waals surface area contributed by atoms with E-state index in [1.54, 1.807) is 0 Å². The van der Waals surface area contributed by atoms with Crippen molar-refractivity contribution in [3.63, 3.8) is 0 Å². The zero-order chi connectivity index (χ0) is 16.4. The Bertz CT molecular complexity index is 555. The summed E-state index contributed by atoms with van der Waals surface area (Å²) in [5.41, 5.74) is -0.171. The second-order valence-corrected chi connectivity index (χ2v) is 7.55. The Morgan fingerprint density at radius 1 is 1.26 bits per heavy atom.